The highest BCUT2D eigenvalue weighted by molar-refractivity contribution is 9.12. The van der Waals surface area contributed by atoms with Crippen molar-refractivity contribution >= 4 is 81.9 Å². The van der Waals surface area contributed by atoms with Crippen LogP contribution in [0, 0.1) is 35.5 Å². The molecular formula is C44H43Br3O6. The molecule has 9 heteroatoms. The smallest absolute Gasteiger partial charge is 0.173 e. The zero-order chi connectivity index (χ0) is 37.4. The third-order valence-electron chi connectivity index (χ3n) is 12.0. The highest BCUT2D eigenvalue weighted by Crippen LogP contribution is 2.53. The first-order valence-electron chi connectivity index (χ1n) is 18.5. The number of rotatable bonds is 5. The molecule has 6 atom stereocenters. The maximum atomic E-state index is 12.2. The molecule has 0 spiro atoms. The first-order valence-corrected chi connectivity index (χ1v) is 20.9. The van der Waals surface area contributed by atoms with Gasteiger partial charge in [0.1, 0.15) is 17.2 Å². The molecule has 1 N–H and O–H groups in total. The molecule has 276 valence electrons. The Morgan fingerprint density at radius 1 is 0.453 bits per heavy atom. The largest absolute Gasteiger partial charge is 0.508 e. The summed E-state index contributed by atoms with van der Waals surface area (Å²) < 4.78 is 12.7. The Morgan fingerprint density at radius 2 is 0.717 bits per heavy atom. The number of ether oxygens (including phenoxy) is 2. The van der Waals surface area contributed by atoms with Gasteiger partial charge in [0.05, 0.1) is 27.7 Å². The van der Waals surface area contributed by atoms with Crippen molar-refractivity contribution in [3.05, 3.63) is 103 Å². The molecule has 0 bridgehead atoms. The average Bonchev–Trinajstić information content (AvgIpc) is 4.04. The zero-order valence-corrected chi connectivity index (χ0v) is 34.6. The summed E-state index contributed by atoms with van der Waals surface area (Å²) in [5.74, 6) is 4.65. The maximum absolute atomic E-state index is 12.2. The lowest BCUT2D eigenvalue weighted by Gasteiger charge is -2.13. The second-order valence-corrected chi connectivity index (χ2v) is 17.1. The minimum Gasteiger partial charge on any atom is -0.508 e. The van der Waals surface area contributed by atoms with Gasteiger partial charge >= 0.3 is 0 Å². The summed E-state index contributed by atoms with van der Waals surface area (Å²) in [6, 6.07) is 23.1. The summed E-state index contributed by atoms with van der Waals surface area (Å²) in [6.45, 7) is 0. The van der Waals surface area contributed by atoms with E-state index >= 15 is 0 Å². The Bertz CT molecular complexity index is 1900. The molecule has 3 saturated carbocycles. The van der Waals surface area contributed by atoms with Gasteiger partial charge in [0.25, 0.3) is 0 Å². The molecule has 6 aliphatic rings. The molecule has 2 unspecified atom stereocenters. The van der Waals surface area contributed by atoms with Crippen molar-refractivity contribution in [2.45, 2.75) is 57.8 Å². The minimum atomic E-state index is 0.188. The lowest BCUT2D eigenvalue weighted by Crippen LogP contribution is -2.10. The quantitative estimate of drug-likeness (QED) is 0.274. The molecule has 0 aliphatic heterocycles. The number of carbonyl (C=O) groups is 3. The fraction of sp³-hybridized carbons (Fsp3) is 0.386. The average molecular weight is 908 g/mol. The third kappa shape index (κ3) is 7.30. The van der Waals surface area contributed by atoms with E-state index in [1.165, 1.54) is 24.0 Å². The summed E-state index contributed by atoms with van der Waals surface area (Å²) in [5, 5.41) is 9.31. The highest BCUT2D eigenvalue weighted by atomic mass is 79.9. The van der Waals surface area contributed by atoms with Crippen LogP contribution in [0.2, 0.25) is 0 Å². The summed E-state index contributed by atoms with van der Waals surface area (Å²) in [4.78, 5) is 36.4. The Balaban J connectivity index is 0.000000123. The van der Waals surface area contributed by atoms with Crippen molar-refractivity contribution in [1.82, 2.24) is 0 Å². The third-order valence-corrected chi connectivity index (χ3v) is 14.5. The van der Waals surface area contributed by atoms with Gasteiger partial charge in [-0.15, -0.1) is 0 Å². The van der Waals surface area contributed by atoms with Gasteiger partial charge in [-0.1, -0.05) is 55.7 Å². The van der Waals surface area contributed by atoms with Crippen molar-refractivity contribution in [2.24, 2.45) is 35.5 Å². The van der Waals surface area contributed by atoms with Gasteiger partial charge in [-0.2, -0.15) is 0 Å². The summed E-state index contributed by atoms with van der Waals surface area (Å²) in [6.07, 6.45) is 9.93. The van der Waals surface area contributed by atoms with E-state index in [2.05, 4.69) is 47.8 Å². The first-order chi connectivity index (χ1) is 25.6. The number of benzene rings is 3. The number of allylic oxidation sites excluding steroid dienone is 6. The van der Waals surface area contributed by atoms with Crippen LogP contribution in [0.25, 0.3) is 16.7 Å². The van der Waals surface area contributed by atoms with E-state index in [4.69, 9.17) is 9.47 Å². The molecule has 0 radical (unpaired) electrons. The van der Waals surface area contributed by atoms with E-state index in [1.807, 2.05) is 60.7 Å². The van der Waals surface area contributed by atoms with Crippen molar-refractivity contribution in [3.63, 3.8) is 0 Å². The van der Waals surface area contributed by atoms with Gasteiger partial charge < -0.3 is 14.6 Å². The lowest BCUT2D eigenvalue weighted by atomic mass is 9.90. The van der Waals surface area contributed by atoms with Crippen molar-refractivity contribution in [3.8, 4) is 17.2 Å². The van der Waals surface area contributed by atoms with Crippen LogP contribution in [0.4, 0.5) is 0 Å². The number of phenolic OH excluding ortho intramolecular Hbond substituents is 1. The first kappa shape index (κ1) is 38.0. The van der Waals surface area contributed by atoms with Crippen LogP contribution in [0.5, 0.6) is 17.2 Å². The summed E-state index contributed by atoms with van der Waals surface area (Å²) in [7, 11) is 3.33. The van der Waals surface area contributed by atoms with Crippen LogP contribution >= 0.6 is 47.8 Å². The molecule has 0 heterocycles. The number of aromatic hydroxyl groups is 1. The number of Topliss-reactive ketones (excluding diaryl/α,β-unsaturated/α-hetero) is 3. The van der Waals surface area contributed by atoms with Gasteiger partial charge in [0.2, 0.25) is 0 Å². The van der Waals surface area contributed by atoms with Crippen LogP contribution in [-0.4, -0.2) is 36.7 Å². The van der Waals surface area contributed by atoms with Crippen LogP contribution in [-0.2, 0) is 14.4 Å². The van der Waals surface area contributed by atoms with E-state index in [0.717, 1.165) is 92.2 Å². The van der Waals surface area contributed by atoms with Gasteiger partial charge in [-0.25, -0.2) is 0 Å². The van der Waals surface area contributed by atoms with Crippen molar-refractivity contribution in [2.75, 3.05) is 14.2 Å². The molecule has 3 aromatic rings. The number of carbonyl (C=O) groups excluding carboxylic acids is 3. The normalized spacial score (nSPS) is 27.0. The number of hydrogen-bond donors (Lipinski definition) is 1. The fourth-order valence-corrected chi connectivity index (χ4v) is 11.9. The number of fused-ring (bicyclic) bond motifs is 3. The fourth-order valence-electron chi connectivity index (χ4n) is 9.44. The minimum absolute atomic E-state index is 0.188. The van der Waals surface area contributed by atoms with Crippen LogP contribution in [0.3, 0.4) is 0 Å². The molecule has 3 fully saturated rings. The monoisotopic (exact) mass is 904 g/mol. The van der Waals surface area contributed by atoms with E-state index < -0.39 is 0 Å². The molecule has 0 aromatic heterocycles. The molecule has 0 amide bonds. The Morgan fingerprint density at radius 3 is 1.00 bits per heavy atom. The zero-order valence-electron chi connectivity index (χ0n) is 29.9. The van der Waals surface area contributed by atoms with E-state index in [1.54, 1.807) is 26.4 Å². The summed E-state index contributed by atoms with van der Waals surface area (Å²) >= 11 is 10.4. The number of methoxy groups -OCH3 is 2. The predicted molar refractivity (Wildman–Crippen MR) is 219 cm³/mol. The topological polar surface area (TPSA) is 89.9 Å². The number of ketones is 3. The number of phenols is 1. The van der Waals surface area contributed by atoms with Gasteiger partial charge in [-0.3, -0.25) is 14.4 Å². The standard InChI is InChI=1S/2C15H15BrO2.C14H13BrO2/c2*1-18-10-7-5-9(6-8-10)13-11-3-2-4-12(11)15(17)14(13)16;15-13-12(8-4-6-9(16)7-5-8)10-2-1-3-11(10)14(13)17/h2*5-8,11-12H,2-4H2,1H3;4-7,10-11,16H,1-3H2/t11-,12+;;10-,11+/m1.1/s1. The Kier molecular flexibility index (Phi) is 11.6. The molecule has 6 nitrogen and oxygen atoms in total. The Hall–Kier alpha value is -3.27. The Labute approximate surface area is 336 Å². The molecule has 53 heavy (non-hydrogen) atoms. The second kappa shape index (κ2) is 16.2. The van der Waals surface area contributed by atoms with E-state index in [0.29, 0.717) is 29.3 Å². The second-order valence-electron chi connectivity index (χ2n) is 14.7. The van der Waals surface area contributed by atoms with Crippen molar-refractivity contribution < 1.29 is 29.0 Å². The van der Waals surface area contributed by atoms with Crippen LogP contribution < -0.4 is 9.47 Å². The maximum Gasteiger partial charge on any atom is 0.173 e. The van der Waals surface area contributed by atoms with Crippen LogP contribution in [0.15, 0.2) is 86.2 Å². The lowest BCUT2D eigenvalue weighted by molar-refractivity contribution is -0.118. The molecule has 0 saturated heterocycles. The van der Waals surface area contributed by atoms with E-state index in [-0.39, 0.29) is 29.3 Å². The molecule has 6 aliphatic carbocycles. The predicted octanol–water partition coefficient (Wildman–Crippen LogP) is 11.1. The van der Waals surface area contributed by atoms with E-state index in [9.17, 15) is 19.5 Å². The van der Waals surface area contributed by atoms with Crippen LogP contribution in [0.1, 0.15) is 74.5 Å². The van der Waals surface area contributed by atoms with Gasteiger partial charge in [-0.05, 0) is 174 Å². The SMILES string of the molecule is COc1ccc(C2=C(Br)C(=O)C3CCCC23)cc1.COc1ccc(C2=C(Br)C(=O)[C@H]3CCC[C@@H]23)cc1.O=C1C(Br)=C(c2ccc(O)cc2)[C@@H]2CCC[C@H]12. The van der Waals surface area contributed by atoms with Gasteiger partial charge in [0, 0.05) is 17.8 Å². The molecular weight excluding hydrogens is 864 g/mol. The van der Waals surface area contributed by atoms with Gasteiger partial charge in [0.15, 0.2) is 17.3 Å². The number of halogens is 3. The highest BCUT2D eigenvalue weighted by Gasteiger charge is 2.46. The van der Waals surface area contributed by atoms with Crippen molar-refractivity contribution in [1.29, 1.82) is 0 Å². The molecule has 3 aromatic carbocycles. The number of hydrogen-bond acceptors (Lipinski definition) is 6. The summed E-state index contributed by atoms with van der Waals surface area (Å²) in [5.41, 5.74) is 6.88. The molecule has 9 rings (SSSR count).